The monoisotopic (exact) mass is 323 g/mol. The Morgan fingerprint density at radius 3 is 2.25 bits per heavy atom. The van der Waals surface area contributed by atoms with Crippen LogP contribution in [0.5, 0.6) is 0 Å². The molecule has 1 aliphatic heterocycles. The van der Waals surface area contributed by atoms with E-state index in [2.05, 4.69) is 65.1 Å². The summed E-state index contributed by atoms with van der Waals surface area (Å²) in [6.45, 7) is 15.0. The van der Waals surface area contributed by atoms with Gasteiger partial charge >= 0.3 is 0 Å². The van der Waals surface area contributed by atoms with Gasteiger partial charge in [0.05, 0.1) is 0 Å². The Kier molecular flexibility index (Phi) is 5.01. The van der Waals surface area contributed by atoms with E-state index in [9.17, 15) is 0 Å². The van der Waals surface area contributed by atoms with Crippen molar-refractivity contribution in [3.05, 3.63) is 57.2 Å². The van der Waals surface area contributed by atoms with E-state index in [1.54, 1.807) is 11.1 Å². The normalized spacial score (nSPS) is 25.8. The van der Waals surface area contributed by atoms with Gasteiger partial charge in [-0.15, -0.1) is 0 Å². The van der Waals surface area contributed by atoms with Crippen molar-refractivity contribution in [2.24, 2.45) is 5.92 Å². The van der Waals surface area contributed by atoms with Crippen molar-refractivity contribution in [3.63, 3.8) is 0 Å². The zero-order valence-electron chi connectivity index (χ0n) is 16.3. The lowest BCUT2D eigenvalue weighted by molar-refractivity contribution is 0.477. The number of hydrogen-bond donors (Lipinski definition) is 1. The maximum Gasteiger partial charge on any atom is 0.0216 e. The molecule has 3 unspecified atom stereocenters. The molecule has 1 fully saturated rings. The van der Waals surface area contributed by atoms with Gasteiger partial charge in [-0.2, -0.15) is 0 Å². The van der Waals surface area contributed by atoms with Crippen LogP contribution in [0.4, 0.5) is 0 Å². The number of aryl methyl sites for hydroxylation is 3. The Labute approximate surface area is 148 Å². The molecule has 130 valence electrons. The van der Waals surface area contributed by atoms with Crippen molar-refractivity contribution >= 4 is 0 Å². The van der Waals surface area contributed by atoms with E-state index < -0.39 is 0 Å². The van der Waals surface area contributed by atoms with Crippen LogP contribution in [0.1, 0.15) is 68.2 Å². The molecule has 0 radical (unpaired) electrons. The first-order valence-electron chi connectivity index (χ1n) is 9.57. The van der Waals surface area contributed by atoms with Crippen LogP contribution in [-0.4, -0.2) is 12.6 Å². The van der Waals surface area contributed by atoms with E-state index >= 15 is 0 Å². The van der Waals surface area contributed by atoms with Gasteiger partial charge in [-0.1, -0.05) is 47.4 Å². The van der Waals surface area contributed by atoms with Crippen LogP contribution >= 0.6 is 0 Å². The lowest BCUT2D eigenvalue weighted by Crippen LogP contribution is -2.33. The molecule has 3 rings (SSSR count). The summed E-state index contributed by atoms with van der Waals surface area (Å²) >= 11 is 0. The van der Waals surface area contributed by atoms with Gasteiger partial charge in [0.2, 0.25) is 0 Å². The van der Waals surface area contributed by atoms with Crippen molar-refractivity contribution in [2.45, 2.75) is 72.8 Å². The molecule has 3 atom stereocenters. The second-order valence-electron chi connectivity index (χ2n) is 8.23. The second-order valence-corrected chi connectivity index (χ2v) is 8.23. The van der Waals surface area contributed by atoms with Crippen LogP contribution in [0.25, 0.3) is 0 Å². The molecule has 24 heavy (non-hydrogen) atoms. The van der Waals surface area contributed by atoms with Crippen LogP contribution in [0, 0.1) is 26.7 Å². The fraction of sp³-hybridized carbons (Fsp3) is 0.565. The minimum absolute atomic E-state index is 0.521. The maximum absolute atomic E-state index is 3.82. The van der Waals surface area contributed by atoms with Gasteiger partial charge in [0, 0.05) is 12.0 Å². The zero-order valence-corrected chi connectivity index (χ0v) is 16.3. The second kappa shape index (κ2) is 6.88. The zero-order chi connectivity index (χ0) is 17.4. The molecule has 0 spiro atoms. The molecule has 1 heterocycles. The standard InChI is InChI=1S/C23H33N/c1-14-10-16(3)21(17(4)11-14)23(20-8-7-9-24-20)22-18(5)12-15(2)13-19(22)6/h10-12,19-20,23-24H,7-9,13H2,1-6H3. The third-order valence-electron chi connectivity index (χ3n) is 5.96. The highest BCUT2D eigenvalue weighted by molar-refractivity contribution is 5.48. The summed E-state index contributed by atoms with van der Waals surface area (Å²) in [6.07, 6.45) is 6.24. The van der Waals surface area contributed by atoms with E-state index in [-0.39, 0.29) is 0 Å². The summed E-state index contributed by atoms with van der Waals surface area (Å²) in [7, 11) is 0. The van der Waals surface area contributed by atoms with E-state index in [1.807, 2.05) is 0 Å². The first-order valence-corrected chi connectivity index (χ1v) is 9.57. The lowest BCUT2D eigenvalue weighted by atomic mass is 9.71. The van der Waals surface area contributed by atoms with Gasteiger partial charge in [-0.3, -0.25) is 0 Å². The van der Waals surface area contributed by atoms with Crippen molar-refractivity contribution in [1.29, 1.82) is 0 Å². The molecule has 1 nitrogen and oxygen atoms in total. The third kappa shape index (κ3) is 3.24. The average molecular weight is 324 g/mol. The van der Waals surface area contributed by atoms with Gasteiger partial charge < -0.3 is 5.32 Å². The first kappa shape index (κ1) is 17.5. The summed E-state index contributed by atoms with van der Waals surface area (Å²) in [5.74, 6) is 1.16. The molecule has 1 N–H and O–H groups in total. The minimum Gasteiger partial charge on any atom is -0.313 e. The highest BCUT2D eigenvalue weighted by Gasteiger charge is 2.34. The van der Waals surface area contributed by atoms with Gasteiger partial charge in [-0.05, 0) is 83.0 Å². The predicted molar refractivity (Wildman–Crippen MR) is 105 cm³/mol. The lowest BCUT2D eigenvalue weighted by Gasteiger charge is -2.36. The quantitative estimate of drug-likeness (QED) is 0.747. The minimum atomic E-state index is 0.521. The molecule has 1 heteroatoms. The number of hydrogen-bond acceptors (Lipinski definition) is 1. The first-order chi connectivity index (χ1) is 11.4. The molecule has 0 aromatic heterocycles. The van der Waals surface area contributed by atoms with Crippen LogP contribution < -0.4 is 5.32 Å². The van der Waals surface area contributed by atoms with E-state index in [0.717, 1.165) is 0 Å². The SMILES string of the molecule is CC1=CC(C)=C(C(c2c(C)cc(C)cc2C)C2CCCN2)C(C)C1. The molecule has 1 aromatic carbocycles. The Morgan fingerprint density at radius 2 is 1.71 bits per heavy atom. The largest absolute Gasteiger partial charge is 0.313 e. The Bertz CT molecular complexity index is 663. The number of allylic oxidation sites excluding steroid dienone is 3. The summed E-state index contributed by atoms with van der Waals surface area (Å²) in [4.78, 5) is 0. The average Bonchev–Trinajstić information content (AvgIpc) is 2.97. The topological polar surface area (TPSA) is 12.0 Å². The van der Waals surface area contributed by atoms with Gasteiger partial charge in [0.25, 0.3) is 0 Å². The molecular weight excluding hydrogens is 290 g/mol. The summed E-state index contributed by atoms with van der Waals surface area (Å²) in [5, 5.41) is 3.82. The van der Waals surface area contributed by atoms with Crippen molar-refractivity contribution in [3.8, 4) is 0 Å². The fourth-order valence-corrected chi connectivity index (χ4v) is 5.30. The number of rotatable bonds is 3. The predicted octanol–water partition coefficient (Wildman–Crippen LogP) is 5.75. The van der Waals surface area contributed by atoms with Crippen LogP contribution in [0.15, 0.2) is 34.9 Å². The molecule has 1 saturated heterocycles. The van der Waals surface area contributed by atoms with Gasteiger partial charge in [0.15, 0.2) is 0 Å². The van der Waals surface area contributed by atoms with Crippen molar-refractivity contribution in [2.75, 3.05) is 6.54 Å². The van der Waals surface area contributed by atoms with Crippen LogP contribution in [0.2, 0.25) is 0 Å². The Morgan fingerprint density at radius 1 is 1.04 bits per heavy atom. The molecule has 2 aliphatic rings. The Hall–Kier alpha value is -1.34. The van der Waals surface area contributed by atoms with Crippen LogP contribution in [0.3, 0.4) is 0 Å². The molecule has 0 saturated carbocycles. The summed E-state index contributed by atoms with van der Waals surface area (Å²) in [5.41, 5.74) is 10.6. The maximum atomic E-state index is 3.82. The molecule has 0 bridgehead atoms. The van der Waals surface area contributed by atoms with Gasteiger partial charge in [0.1, 0.15) is 0 Å². The fourth-order valence-electron chi connectivity index (χ4n) is 5.30. The van der Waals surface area contributed by atoms with Crippen LogP contribution in [-0.2, 0) is 0 Å². The van der Waals surface area contributed by atoms with Crippen molar-refractivity contribution < 1.29 is 0 Å². The van der Waals surface area contributed by atoms with Crippen molar-refractivity contribution in [1.82, 2.24) is 5.32 Å². The number of benzene rings is 1. The molecule has 1 aromatic rings. The van der Waals surface area contributed by atoms with Gasteiger partial charge in [-0.25, -0.2) is 0 Å². The van der Waals surface area contributed by atoms with E-state index in [1.165, 1.54) is 53.6 Å². The molecular formula is C23H33N. The highest BCUT2D eigenvalue weighted by atomic mass is 14.9. The summed E-state index contributed by atoms with van der Waals surface area (Å²) < 4.78 is 0. The van der Waals surface area contributed by atoms with E-state index in [4.69, 9.17) is 0 Å². The number of nitrogens with one attached hydrogen (secondary N) is 1. The Balaban J connectivity index is 2.17. The molecule has 0 amide bonds. The van der Waals surface area contributed by atoms with E-state index in [0.29, 0.717) is 17.9 Å². The highest BCUT2D eigenvalue weighted by Crippen LogP contribution is 2.44. The summed E-state index contributed by atoms with van der Waals surface area (Å²) in [6, 6.07) is 5.33. The molecule has 1 aliphatic carbocycles. The third-order valence-corrected chi connectivity index (χ3v) is 5.96. The smallest absolute Gasteiger partial charge is 0.0216 e.